The second kappa shape index (κ2) is 7.71. The van der Waals surface area contributed by atoms with Crippen LogP contribution in [0.25, 0.3) is 0 Å². The topological polar surface area (TPSA) is 55.4 Å². The number of benzene rings is 2. The number of hydrogen-bond donors (Lipinski definition) is 1. The van der Waals surface area contributed by atoms with Crippen LogP contribution < -0.4 is 9.46 Å². The van der Waals surface area contributed by atoms with E-state index in [9.17, 15) is 8.42 Å². The van der Waals surface area contributed by atoms with E-state index in [1.54, 1.807) is 24.3 Å². The number of nitrogens with one attached hydrogen (secondary N) is 1. The molecule has 5 heteroatoms. The van der Waals surface area contributed by atoms with E-state index in [4.69, 9.17) is 4.74 Å². The first-order chi connectivity index (χ1) is 11.4. The van der Waals surface area contributed by atoms with Crippen LogP contribution in [0.1, 0.15) is 38.8 Å². The molecule has 0 saturated carbocycles. The molecule has 0 aromatic heterocycles. The Kier molecular flexibility index (Phi) is 5.89. The summed E-state index contributed by atoms with van der Waals surface area (Å²) >= 11 is 0. The monoisotopic (exact) mass is 347 g/mol. The summed E-state index contributed by atoms with van der Waals surface area (Å²) in [7, 11) is -3.63. The van der Waals surface area contributed by atoms with Crippen LogP contribution in [0.2, 0.25) is 0 Å². The van der Waals surface area contributed by atoms with Crippen molar-refractivity contribution in [2.24, 2.45) is 0 Å². The van der Waals surface area contributed by atoms with Crippen molar-refractivity contribution in [3.05, 3.63) is 53.6 Å². The first-order valence-electron chi connectivity index (χ1n) is 8.27. The van der Waals surface area contributed by atoms with Crippen LogP contribution in [0, 0.1) is 0 Å². The molecule has 0 amide bonds. The third-order valence-electron chi connectivity index (χ3n) is 3.74. The van der Waals surface area contributed by atoms with Gasteiger partial charge in [0.1, 0.15) is 5.75 Å². The zero-order valence-electron chi connectivity index (χ0n) is 14.7. The minimum atomic E-state index is -3.63. The van der Waals surface area contributed by atoms with Gasteiger partial charge in [0.05, 0.1) is 16.7 Å². The Morgan fingerprint density at radius 3 is 1.96 bits per heavy atom. The number of sulfonamides is 1. The number of hydrogen-bond acceptors (Lipinski definition) is 3. The summed E-state index contributed by atoms with van der Waals surface area (Å²) < 4.78 is 33.8. The molecule has 130 valence electrons. The van der Waals surface area contributed by atoms with Crippen molar-refractivity contribution < 1.29 is 13.2 Å². The molecule has 0 heterocycles. The lowest BCUT2D eigenvalue weighted by Crippen LogP contribution is -2.15. The average Bonchev–Trinajstić information content (AvgIpc) is 2.54. The first-order valence-corrected chi connectivity index (χ1v) is 9.76. The molecule has 1 N–H and O–H groups in total. The largest absolute Gasteiger partial charge is 0.491 e. The molecule has 0 atom stereocenters. The molecule has 0 spiro atoms. The Labute approximate surface area is 144 Å². The standard InChI is InChI=1S/C19H25NO3S/c1-5-15-8-7-9-16(6-2)19(15)20-24(21,22)18-12-10-17(11-13-18)23-14(3)4/h7-14,20H,5-6H2,1-4H3. The molecule has 0 unspecified atom stereocenters. The van der Waals surface area contributed by atoms with Crippen LogP contribution in [0.4, 0.5) is 5.69 Å². The van der Waals surface area contributed by atoms with Gasteiger partial charge in [-0.3, -0.25) is 4.72 Å². The van der Waals surface area contributed by atoms with E-state index in [1.807, 2.05) is 45.9 Å². The van der Waals surface area contributed by atoms with Gasteiger partial charge in [-0.1, -0.05) is 32.0 Å². The zero-order chi connectivity index (χ0) is 17.7. The highest BCUT2D eigenvalue weighted by Gasteiger charge is 2.17. The van der Waals surface area contributed by atoms with E-state index in [0.29, 0.717) is 11.4 Å². The van der Waals surface area contributed by atoms with Crippen LogP contribution in [0.15, 0.2) is 47.4 Å². The lowest BCUT2D eigenvalue weighted by atomic mass is 10.0. The van der Waals surface area contributed by atoms with Crippen LogP contribution in [0.5, 0.6) is 5.75 Å². The maximum Gasteiger partial charge on any atom is 0.261 e. The summed E-state index contributed by atoms with van der Waals surface area (Å²) in [4.78, 5) is 0.228. The lowest BCUT2D eigenvalue weighted by Gasteiger charge is -2.16. The minimum Gasteiger partial charge on any atom is -0.491 e. The predicted octanol–water partition coefficient (Wildman–Crippen LogP) is 4.40. The SMILES string of the molecule is CCc1cccc(CC)c1NS(=O)(=O)c1ccc(OC(C)C)cc1. The molecule has 4 nitrogen and oxygen atoms in total. The van der Waals surface area contributed by atoms with Gasteiger partial charge in [0.15, 0.2) is 0 Å². The number of para-hydroxylation sites is 1. The second-order valence-corrected chi connectivity index (χ2v) is 7.58. The molecule has 2 aromatic carbocycles. The third kappa shape index (κ3) is 4.29. The number of anilines is 1. The van der Waals surface area contributed by atoms with Gasteiger partial charge in [-0.25, -0.2) is 8.42 Å². The molecule has 0 aliphatic carbocycles. The molecule has 0 aliphatic heterocycles. The van der Waals surface area contributed by atoms with Crippen molar-refractivity contribution in [3.8, 4) is 5.75 Å². The van der Waals surface area contributed by atoms with E-state index in [-0.39, 0.29) is 11.0 Å². The van der Waals surface area contributed by atoms with E-state index in [0.717, 1.165) is 24.0 Å². The summed E-state index contributed by atoms with van der Waals surface area (Å²) in [6.07, 6.45) is 1.59. The van der Waals surface area contributed by atoms with Gasteiger partial charge in [0.2, 0.25) is 0 Å². The highest BCUT2D eigenvalue weighted by molar-refractivity contribution is 7.92. The van der Waals surface area contributed by atoms with Gasteiger partial charge in [-0.05, 0) is 62.1 Å². The van der Waals surface area contributed by atoms with Crippen molar-refractivity contribution in [3.63, 3.8) is 0 Å². The van der Waals surface area contributed by atoms with Gasteiger partial charge < -0.3 is 4.74 Å². The molecule has 0 saturated heterocycles. The van der Waals surface area contributed by atoms with Crippen molar-refractivity contribution in [1.82, 2.24) is 0 Å². The second-order valence-electron chi connectivity index (χ2n) is 5.90. The summed E-state index contributed by atoms with van der Waals surface area (Å²) in [5.74, 6) is 0.659. The molecule has 2 rings (SSSR count). The zero-order valence-corrected chi connectivity index (χ0v) is 15.5. The summed E-state index contributed by atoms with van der Waals surface area (Å²) in [6.45, 7) is 7.90. The fraction of sp³-hybridized carbons (Fsp3) is 0.368. The quantitative estimate of drug-likeness (QED) is 0.807. The fourth-order valence-corrected chi connectivity index (χ4v) is 3.68. The highest BCUT2D eigenvalue weighted by atomic mass is 32.2. The van der Waals surface area contributed by atoms with E-state index in [1.165, 1.54) is 0 Å². The smallest absolute Gasteiger partial charge is 0.261 e. The molecule has 0 fully saturated rings. The predicted molar refractivity (Wildman–Crippen MR) is 98.2 cm³/mol. The Hall–Kier alpha value is -2.01. The van der Waals surface area contributed by atoms with Crippen molar-refractivity contribution >= 4 is 15.7 Å². The molecule has 0 bridgehead atoms. The van der Waals surface area contributed by atoms with Crippen molar-refractivity contribution in [2.75, 3.05) is 4.72 Å². The molecular formula is C19H25NO3S. The van der Waals surface area contributed by atoms with Crippen molar-refractivity contribution in [1.29, 1.82) is 0 Å². The van der Waals surface area contributed by atoms with E-state index < -0.39 is 10.0 Å². The fourth-order valence-electron chi connectivity index (χ4n) is 2.54. The maximum atomic E-state index is 12.7. The van der Waals surface area contributed by atoms with Crippen LogP contribution >= 0.6 is 0 Å². The molecule has 0 aliphatic rings. The van der Waals surface area contributed by atoms with E-state index >= 15 is 0 Å². The molecule has 2 aromatic rings. The average molecular weight is 347 g/mol. The first kappa shape index (κ1) is 18.3. The Bertz CT molecular complexity index is 759. The summed E-state index contributed by atoms with van der Waals surface area (Å²) in [6, 6.07) is 12.4. The molecule has 0 radical (unpaired) electrons. The van der Waals surface area contributed by atoms with Gasteiger partial charge in [-0.2, -0.15) is 0 Å². The number of ether oxygens (including phenoxy) is 1. The summed E-state index contributed by atoms with van der Waals surface area (Å²) in [5.41, 5.74) is 2.69. The van der Waals surface area contributed by atoms with Crippen LogP contribution in [0.3, 0.4) is 0 Å². The Morgan fingerprint density at radius 2 is 1.50 bits per heavy atom. The van der Waals surface area contributed by atoms with Crippen molar-refractivity contribution in [2.45, 2.75) is 51.5 Å². The number of aryl methyl sites for hydroxylation is 2. The number of rotatable bonds is 7. The van der Waals surface area contributed by atoms with Gasteiger partial charge in [0, 0.05) is 0 Å². The third-order valence-corrected chi connectivity index (χ3v) is 5.11. The van der Waals surface area contributed by atoms with Gasteiger partial charge in [-0.15, -0.1) is 0 Å². The minimum absolute atomic E-state index is 0.0501. The van der Waals surface area contributed by atoms with Gasteiger partial charge >= 0.3 is 0 Å². The van der Waals surface area contributed by atoms with E-state index in [2.05, 4.69) is 4.72 Å². The molecule has 24 heavy (non-hydrogen) atoms. The summed E-state index contributed by atoms with van der Waals surface area (Å²) in [5, 5.41) is 0. The highest BCUT2D eigenvalue weighted by Crippen LogP contribution is 2.26. The molecular weight excluding hydrogens is 322 g/mol. The maximum absolute atomic E-state index is 12.7. The van der Waals surface area contributed by atoms with Crippen LogP contribution in [-0.2, 0) is 22.9 Å². The lowest BCUT2D eigenvalue weighted by molar-refractivity contribution is 0.242. The van der Waals surface area contributed by atoms with Gasteiger partial charge in [0.25, 0.3) is 10.0 Å². The normalized spacial score (nSPS) is 11.5. The Morgan fingerprint density at radius 1 is 0.958 bits per heavy atom. The Balaban J connectivity index is 2.32. The van der Waals surface area contributed by atoms with Crippen LogP contribution in [-0.4, -0.2) is 14.5 Å².